The number of nitrogens with one attached hydrogen (secondary N) is 1. The molecule has 0 saturated carbocycles. The molecule has 4 nitrogen and oxygen atoms in total. The molecular weight excluding hydrogens is 206 g/mol. The largest absolute Gasteiger partial charge is 0.466 e. The first-order valence-corrected chi connectivity index (χ1v) is 5.87. The minimum Gasteiger partial charge on any atom is -0.466 e. The van der Waals surface area contributed by atoms with Crippen molar-refractivity contribution in [1.82, 2.24) is 5.48 Å². The molecule has 1 fully saturated rings. The topological polar surface area (TPSA) is 47.6 Å². The van der Waals surface area contributed by atoms with Gasteiger partial charge in [0.1, 0.15) is 0 Å². The Labute approximate surface area is 97.6 Å². The van der Waals surface area contributed by atoms with Gasteiger partial charge in [-0.2, -0.15) is 5.48 Å². The number of hydrogen-bond acceptors (Lipinski definition) is 4. The molecule has 0 aliphatic carbocycles. The average molecular weight is 229 g/mol. The molecule has 1 unspecified atom stereocenters. The zero-order valence-corrected chi connectivity index (χ0v) is 10.9. The normalized spacial score (nSPS) is 28.2. The Hall–Kier alpha value is -0.610. The van der Waals surface area contributed by atoms with Crippen LogP contribution >= 0.6 is 0 Å². The zero-order valence-electron chi connectivity index (χ0n) is 10.9. The van der Waals surface area contributed by atoms with E-state index in [1.165, 1.54) is 0 Å². The molecule has 1 atom stereocenters. The summed E-state index contributed by atoms with van der Waals surface area (Å²) in [5.41, 5.74) is 2.49. The molecule has 0 aromatic heterocycles. The highest BCUT2D eigenvalue weighted by Gasteiger charge is 2.38. The molecule has 1 heterocycles. The van der Waals surface area contributed by atoms with E-state index in [0.717, 1.165) is 6.42 Å². The third kappa shape index (κ3) is 3.76. The van der Waals surface area contributed by atoms with Gasteiger partial charge in [-0.15, -0.1) is 0 Å². The number of hydroxylamine groups is 1. The van der Waals surface area contributed by atoms with Crippen molar-refractivity contribution in [2.24, 2.45) is 5.92 Å². The average Bonchev–Trinajstić information content (AvgIpc) is 2.24. The van der Waals surface area contributed by atoms with E-state index in [1.807, 2.05) is 34.6 Å². The summed E-state index contributed by atoms with van der Waals surface area (Å²) in [4.78, 5) is 17.4. The van der Waals surface area contributed by atoms with Crippen LogP contribution in [0.15, 0.2) is 0 Å². The van der Waals surface area contributed by atoms with Crippen molar-refractivity contribution in [1.29, 1.82) is 0 Å². The van der Waals surface area contributed by atoms with Gasteiger partial charge in [-0.05, 0) is 47.5 Å². The predicted molar refractivity (Wildman–Crippen MR) is 61.7 cm³/mol. The van der Waals surface area contributed by atoms with Gasteiger partial charge >= 0.3 is 5.97 Å². The van der Waals surface area contributed by atoms with Gasteiger partial charge < -0.3 is 4.74 Å². The lowest BCUT2D eigenvalue weighted by molar-refractivity contribution is -0.150. The lowest BCUT2D eigenvalue weighted by Gasteiger charge is -2.26. The van der Waals surface area contributed by atoms with Gasteiger partial charge in [0.15, 0.2) is 0 Å². The molecule has 0 radical (unpaired) electrons. The lowest BCUT2D eigenvalue weighted by Crippen LogP contribution is -2.41. The van der Waals surface area contributed by atoms with Gasteiger partial charge in [0, 0.05) is 5.54 Å². The van der Waals surface area contributed by atoms with E-state index in [0.29, 0.717) is 13.0 Å². The summed E-state index contributed by atoms with van der Waals surface area (Å²) in [5, 5.41) is 0. The Balaban J connectivity index is 2.77. The first-order chi connectivity index (χ1) is 7.26. The molecule has 16 heavy (non-hydrogen) atoms. The van der Waals surface area contributed by atoms with Crippen LogP contribution in [0.2, 0.25) is 0 Å². The SMILES string of the molecule is CCOC(=O)C1CC(C)(C)NOC(C)(C)C1. The van der Waals surface area contributed by atoms with Gasteiger partial charge in [-0.3, -0.25) is 9.63 Å². The van der Waals surface area contributed by atoms with E-state index >= 15 is 0 Å². The first-order valence-electron chi connectivity index (χ1n) is 5.87. The number of carbonyl (C=O) groups excluding carboxylic acids is 1. The van der Waals surface area contributed by atoms with Crippen LogP contribution in [0.1, 0.15) is 47.5 Å². The van der Waals surface area contributed by atoms with Crippen molar-refractivity contribution in [3.8, 4) is 0 Å². The number of rotatable bonds is 2. The lowest BCUT2D eigenvalue weighted by atomic mass is 9.85. The van der Waals surface area contributed by atoms with Gasteiger partial charge in [0.2, 0.25) is 0 Å². The smallest absolute Gasteiger partial charge is 0.309 e. The van der Waals surface area contributed by atoms with Crippen molar-refractivity contribution in [2.75, 3.05) is 6.61 Å². The highest BCUT2D eigenvalue weighted by atomic mass is 16.7. The Morgan fingerprint density at radius 1 is 1.38 bits per heavy atom. The zero-order chi connectivity index (χ0) is 12.4. The van der Waals surface area contributed by atoms with E-state index in [9.17, 15) is 4.79 Å². The second-order valence-electron chi connectivity index (χ2n) is 5.70. The summed E-state index contributed by atoms with van der Waals surface area (Å²) >= 11 is 0. The molecule has 0 bridgehead atoms. The monoisotopic (exact) mass is 229 g/mol. The molecule has 1 rings (SSSR count). The minimum absolute atomic E-state index is 0.0973. The highest BCUT2D eigenvalue weighted by molar-refractivity contribution is 5.72. The van der Waals surface area contributed by atoms with E-state index < -0.39 is 0 Å². The van der Waals surface area contributed by atoms with Crippen LogP contribution in [0.3, 0.4) is 0 Å². The van der Waals surface area contributed by atoms with Crippen LogP contribution in [-0.2, 0) is 14.4 Å². The maximum atomic E-state index is 11.8. The summed E-state index contributed by atoms with van der Waals surface area (Å²) in [5.74, 6) is -0.212. The fourth-order valence-electron chi connectivity index (χ4n) is 2.07. The van der Waals surface area contributed by atoms with Crippen molar-refractivity contribution in [3.05, 3.63) is 0 Å². The third-order valence-electron chi connectivity index (χ3n) is 2.72. The van der Waals surface area contributed by atoms with Crippen LogP contribution in [0.5, 0.6) is 0 Å². The Morgan fingerprint density at radius 3 is 2.56 bits per heavy atom. The molecule has 0 spiro atoms. The van der Waals surface area contributed by atoms with E-state index in [2.05, 4.69) is 5.48 Å². The second-order valence-corrected chi connectivity index (χ2v) is 5.70. The second kappa shape index (κ2) is 4.72. The fraction of sp³-hybridized carbons (Fsp3) is 0.917. The third-order valence-corrected chi connectivity index (χ3v) is 2.72. The Morgan fingerprint density at radius 2 is 2.00 bits per heavy atom. The maximum absolute atomic E-state index is 11.8. The van der Waals surface area contributed by atoms with Gasteiger partial charge in [-0.1, -0.05) is 0 Å². The standard InChI is InChI=1S/C12H23NO3/c1-6-15-10(14)9-7-11(2,3)13-16-12(4,5)8-9/h9,13H,6-8H2,1-5H3. The number of carbonyl (C=O) groups is 1. The van der Waals surface area contributed by atoms with Crippen LogP contribution in [0.4, 0.5) is 0 Å². The van der Waals surface area contributed by atoms with Gasteiger partial charge in [0.25, 0.3) is 0 Å². The summed E-state index contributed by atoms with van der Waals surface area (Å²) in [6.45, 7) is 10.3. The van der Waals surface area contributed by atoms with Crippen molar-refractivity contribution in [2.45, 2.75) is 58.6 Å². The molecule has 0 amide bonds. The van der Waals surface area contributed by atoms with Crippen LogP contribution < -0.4 is 5.48 Å². The maximum Gasteiger partial charge on any atom is 0.309 e. The molecule has 0 aromatic carbocycles. The predicted octanol–water partition coefficient (Wildman–Crippen LogP) is 2.04. The fourth-order valence-corrected chi connectivity index (χ4v) is 2.07. The Kier molecular flexibility index (Phi) is 3.97. The molecule has 1 saturated heterocycles. The summed E-state index contributed by atoms with van der Waals surface area (Å²) in [7, 11) is 0. The summed E-state index contributed by atoms with van der Waals surface area (Å²) in [6.07, 6.45) is 1.41. The van der Waals surface area contributed by atoms with Crippen LogP contribution in [0.25, 0.3) is 0 Å². The quantitative estimate of drug-likeness (QED) is 0.736. The molecule has 1 aliphatic rings. The Bertz CT molecular complexity index is 243. The molecule has 0 aromatic rings. The summed E-state index contributed by atoms with van der Waals surface area (Å²) in [6, 6.07) is 0. The van der Waals surface area contributed by atoms with Crippen LogP contribution in [0, 0.1) is 5.92 Å². The number of hydrogen-bond donors (Lipinski definition) is 1. The number of esters is 1. The molecule has 4 heteroatoms. The van der Waals surface area contributed by atoms with Crippen molar-refractivity contribution >= 4 is 5.97 Å². The van der Waals surface area contributed by atoms with Crippen molar-refractivity contribution in [3.63, 3.8) is 0 Å². The minimum atomic E-state index is -0.342. The van der Waals surface area contributed by atoms with E-state index in [-0.39, 0.29) is 23.0 Å². The highest BCUT2D eigenvalue weighted by Crippen LogP contribution is 2.31. The van der Waals surface area contributed by atoms with Crippen molar-refractivity contribution < 1.29 is 14.4 Å². The first kappa shape index (κ1) is 13.5. The van der Waals surface area contributed by atoms with Gasteiger partial charge in [-0.25, -0.2) is 0 Å². The van der Waals surface area contributed by atoms with E-state index in [1.54, 1.807) is 0 Å². The van der Waals surface area contributed by atoms with E-state index in [4.69, 9.17) is 9.57 Å². The van der Waals surface area contributed by atoms with Crippen LogP contribution in [-0.4, -0.2) is 23.7 Å². The summed E-state index contributed by atoms with van der Waals surface area (Å²) < 4.78 is 5.10. The molecule has 1 N–H and O–H groups in total. The molecule has 1 aliphatic heterocycles. The molecular formula is C12H23NO3. The molecule has 94 valence electrons. The number of ether oxygens (including phenoxy) is 1. The van der Waals surface area contributed by atoms with Gasteiger partial charge in [0.05, 0.1) is 18.1 Å².